The minimum absolute atomic E-state index is 0.0780. The summed E-state index contributed by atoms with van der Waals surface area (Å²) in [4.78, 5) is 24.6. The third-order valence-electron chi connectivity index (χ3n) is 9.72. The number of hydrogen-bond donors (Lipinski definition) is 3. The number of carbonyl (C=O) groups is 2. The minimum Gasteiger partial charge on any atom is -0.481 e. The Bertz CT molecular complexity index is 899. The number of unbranched alkanes of at least 4 members (excludes halogenated alkanes) is 24. The van der Waals surface area contributed by atoms with Crippen molar-refractivity contribution in [3.63, 3.8) is 0 Å². The summed E-state index contributed by atoms with van der Waals surface area (Å²) in [5.41, 5.74) is -2.04. The summed E-state index contributed by atoms with van der Waals surface area (Å²) in [6.45, 7) is 4.47. The number of aliphatic carboxylic acids is 2. The van der Waals surface area contributed by atoms with E-state index in [2.05, 4.69) is 38.2 Å². The van der Waals surface area contributed by atoms with Gasteiger partial charge >= 0.3 is 11.9 Å². The predicted molar refractivity (Wildman–Crippen MR) is 201 cm³/mol. The second-order valence-corrected chi connectivity index (χ2v) is 15.6. The van der Waals surface area contributed by atoms with Gasteiger partial charge in [-0.25, -0.2) is 0 Å². The minimum atomic E-state index is -5.10. The van der Waals surface area contributed by atoms with Gasteiger partial charge in [0.05, 0.1) is 5.41 Å². The van der Waals surface area contributed by atoms with Gasteiger partial charge < -0.3 is 10.2 Å². The molecule has 0 aromatic rings. The van der Waals surface area contributed by atoms with Crippen LogP contribution in [0.3, 0.4) is 0 Å². The van der Waals surface area contributed by atoms with Crippen molar-refractivity contribution in [1.82, 2.24) is 0 Å². The third kappa shape index (κ3) is 24.5. The highest BCUT2D eigenvalue weighted by atomic mass is 32.2. The van der Waals surface area contributed by atoms with Gasteiger partial charge in [0, 0.05) is 0 Å². The maximum Gasteiger partial charge on any atom is 0.325 e. The lowest BCUT2D eigenvalue weighted by Crippen LogP contribution is -2.51. The molecule has 282 valence electrons. The smallest absolute Gasteiger partial charge is 0.325 e. The fraction of sp³-hybridized carbons (Fsp3) is 0.850. The van der Waals surface area contributed by atoms with Crippen LogP contribution in [0.5, 0.6) is 0 Å². The van der Waals surface area contributed by atoms with Gasteiger partial charge in [0.1, 0.15) is 0 Å². The summed E-state index contributed by atoms with van der Waals surface area (Å²) in [7, 11) is -5.10. The zero-order valence-electron chi connectivity index (χ0n) is 31.0. The van der Waals surface area contributed by atoms with Gasteiger partial charge in [-0.05, 0) is 64.2 Å². The van der Waals surface area contributed by atoms with Gasteiger partial charge in [0.2, 0.25) is 0 Å². The van der Waals surface area contributed by atoms with Crippen molar-refractivity contribution in [2.45, 2.75) is 212 Å². The van der Waals surface area contributed by atoms with Crippen molar-refractivity contribution < 1.29 is 32.8 Å². The van der Waals surface area contributed by atoms with E-state index in [1.165, 1.54) is 77.0 Å². The summed E-state index contributed by atoms with van der Waals surface area (Å²) < 4.78 is 34.2. The van der Waals surface area contributed by atoms with E-state index in [0.717, 1.165) is 77.0 Å². The van der Waals surface area contributed by atoms with Crippen molar-refractivity contribution in [3.8, 4) is 0 Å². The molecule has 0 saturated carbocycles. The molecule has 0 heterocycles. The molecule has 48 heavy (non-hydrogen) atoms. The second kappa shape index (κ2) is 31.3. The van der Waals surface area contributed by atoms with Crippen LogP contribution in [0.4, 0.5) is 0 Å². The van der Waals surface area contributed by atoms with Crippen LogP contribution in [0.15, 0.2) is 24.3 Å². The SMILES string of the molecule is CCCCCCCC/C=C\CCCCCCCCC(CCCCCCCC/C=C\CCCCCCCC)(C(=O)O)C(C(=O)O)S(=O)(=O)O. The highest BCUT2D eigenvalue weighted by molar-refractivity contribution is 7.87. The molecule has 0 bridgehead atoms. The number of rotatable bonds is 36. The van der Waals surface area contributed by atoms with Crippen molar-refractivity contribution in [2.75, 3.05) is 0 Å². The lowest BCUT2D eigenvalue weighted by Gasteiger charge is -2.33. The summed E-state index contributed by atoms with van der Waals surface area (Å²) in [5, 5.41) is 17.6. The fourth-order valence-corrected chi connectivity index (χ4v) is 7.90. The monoisotopic (exact) mass is 699 g/mol. The molecule has 0 saturated heterocycles. The Kier molecular flexibility index (Phi) is 30.2. The van der Waals surface area contributed by atoms with Gasteiger partial charge in [0.25, 0.3) is 10.1 Å². The van der Waals surface area contributed by atoms with E-state index in [9.17, 15) is 32.8 Å². The summed E-state index contributed by atoms with van der Waals surface area (Å²) in [6, 6.07) is 0. The molecule has 0 fully saturated rings. The molecule has 0 aliphatic rings. The Hall–Kier alpha value is -1.67. The molecule has 0 radical (unpaired) electrons. The lowest BCUT2D eigenvalue weighted by molar-refractivity contribution is -0.156. The zero-order valence-corrected chi connectivity index (χ0v) is 31.8. The molecule has 0 spiro atoms. The maximum absolute atomic E-state index is 12.5. The molecule has 8 heteroatoms. The quantitative estimate of drug-likeness (QED) is 0.0337. The average molecular weight is 699 g/mol. The van der Waals surface area contributed by atoms with Crippen LogP contribution < -0.4 is 0 Å². The first-order chi connectivity index (χ1) is 23.1. The van der Waals surface area contributed by atoms with Crippen molar-refractivity contribution in [3.05, 3.63) is 24.3 Å². The number of carboxylic acid groups (broad SMARTS) is 2. The van der Waals surface area contributed by atoms with Crippen LogP contribution in [0, 0.1) is 5.41 Å². The zero-order chi connectivity index (χ0) is 35.8. The van der Waals surface area contributed by atoms with E-state index in [1.807, 2.05) is 0 Å². The topological polar surface area (TPSA) is 129 Å². The standard InChI is InChI=1S/C40H74O7S/c1-3-5-7-9-11-13-15-17-19-21-23-25-27-29-31-33-35-40(39(43)44,37(38(41)42)48(45,46)47)36-34-32-30-28-26-24-22-20-18-16-14-12-10-8-6-4-2/h17-20,37H,3-16,21-36H2,1-2H3,(H,41,42)(H,43,44)(H,45,46,47)/b19-17-,20-18-. The molecule has 0 aliphatic carbocycles. The van der Waals surface area contributed by atoms with Crippen LogP contribution in [-0.4, -0.2) is 40.4 Å². The molecular weight excluding hydrogens is 625 g/mol. The van der Waals surface area contributed by atoms with E-state index in [1.54, 1.807) is 0 Å². The Morgan fingerprint density at radius 1 is 0.500 bits per heavy atom. The van der Waals surface area contributed by atoms with Crippen molar-refractivity contribution >= 4 is 22.1 Å². The molecule has 1 unspecified atom stereocenters. The first-order valence-corrected chi connectivity index (χ1v) is 21.4. The summed E-state index contributed by atoms with van der Waals surface area (Å²) in [5.74, 6) is -3.25. The van der Waals surface area contributed by atoms with Crippen LogP contribution in [0.1, 0.15) is 206 Å². The Labute approximate surface area is 295 Å². The summed E-state index contributed by atoms with van der Waals surface area (Å²) in [6.07, 6.45) is 39.4. The highest BCUT2D eigenvalue weighted by Crippen LogP contribution is 2.39. The number of carboxylic acids is 2. The Morgan fingerprint density at radius 2 is 0.771 bits per heavy atom. The third-order valence-corrected chi connectivity index (χ3v) is 11.0. The first kappa shape index (κ1) is 46.3. The van der Waals surface area contributed by atoms with Crippen LogP contribution in [0.25, 0.3) is 0 Å². The van der Waals surface area contributed by atoms with Gasteiger partial charge in [0.15, 0.2) is 5.25 Å². The first-order valence-electron chi connectivity index (χ1n) is 19.9. The molecule has 0 rings (SSSR count). The van der Waals surface area contributed by atoms with E-state index >= 15 is 0 Å². The molecule has 0 aromatic heterocycles. The van der Waals surface area contributed by atoms with Crippen molar-refractivity contribution in [2.24, 2.45) is 5.41 Å². The molecule has 7 nitrogen and oxygen atoms in total. The van der Waals surface area contributed by atoms with Crippen LogP contribution in [-0.2, 0) is 19.7 Å². The average Bonchev–Trinajstić information content (AvgIpc) is 3.03. The van der Waals surface area contributed by atoms with Crippen LogP contribution >= 0.6 is 0 Å². The molecule has 0 aromatic carbocycles. The fourth-order valence-electron chi connectivity index (χ4n) is 6.74. The molecular formula is C40H74O7S. The van der Waals surface area contributed by atoms with Gasteiger partial charge in [-0.3, -0.25) is 14.1 Å². The van der Waals surface area contributed by atoms with Gasteiger partial charge in [-0.15, -0.1) is 0 Å². The molecule has 3 N–H and O–H groups in total. The van der Waals surface area contributed by atoms with E-state index in [0.29, 0.717) is 25.7 Å². The lowest BCUT2D eigenvalue weighted by atomic mass is 9.74. The van der Waals surface area contributed by atoms with Gasteiger partial charge in [-0.2, -0.15) is 8.42 Å². The molecule has 0 aliphatic heterocycles. The van der Waals surface area contributed by atoms with Crippen LogP contribution in [0.2, 0.25) is 0 Å². The molecule has 1 atom stereocenters. The second-order valence-electron chi connectivity index (χ2n) is 14.1. The normalized spacial score (nSPS) is 13.1. The number of hydrogen-bond acceptors (Lipinski definition) is 4. The number of allylic oxidation sites excluding steroid dienone is 4. The maximum atomic E-state index is 12.5. The van der Waals surface area contributed by atoms with E-state index in [-0.39, 0.29) is 12.8 Å². The highest BCUT2D eigenvalue weighted by Gasteiger charge is 2.55. The Balaban J connectivity index is 4.49. The summed E-state index contributed by atoms with van der Waals surface area (Å²) >= 11 is 0. The largest absolute Gasteiger partial charge is 0.481 e. The Morgan fingerprint density at radius 3 is 1.02 bits per heavy atom. The molecule has 0 amide bonds. The van der Waals surface area contributed by atoms with Crippen molar-refractivity contribution in [1.29, 1.82) is 0 Å². The van der Waals surface area contributed by atoms with Gasteiger partial charge in [-0.1, -0.05) is 167 Å². The predicted octanol–water partition coefficient (Wildman–Crippen LogP) is 12.3. The van der Waals surface area contributed by atoms with E-state index < -0.39 is 32.7 Å². The van der Waals surface area contributed by atoms with E-state index in [4.69, 9.17) is 0 Å².